The summed E-state index contributed by atoms with van der Waals surface area (Å²) < 4.78 is 5.18. The number of fused-ring (bicyclic) bond motifs is 1. The molecule has 3 heterocycles. The minimum absolute atomic E-state index is 0.232. The van der Waals surface area contributed by atoms with Crippen molar-refractivity contribution in [3.63, 3.8) is 0 Å². The Balaban J connectivity index is 1.48. The Morgan fingerprint density at radius 3 is 2.85 bits per heavy atom. The van der Waals surface area contributed by atoms with Crippen molar-refractivity contribution in [1.82, 2.24) is 30.1 Å². The van der Waals surface area contributed by atoms with E-state index >= 15 is 0 Å². The summed E-state index contributed by atoms with van der Waals surface area (Å²) in [7, 11) is 1.52. The highest BCUT2D eigenvalue weighted by atomic mass is 16.5. The number of ether oxygens (including phenoxy) is 1. The van der Waals surface area contributed by atoms with Crippen molar-refractivity contribution in [3.8, 4) is 6.01 Å². The second-order valence-electron chi connectivity index (χ2n) is 5.76. The van der Waals surface area contributed by atoms with Gasteiger partial charge < -0.3 is 15.4 Å². The van der Waals surface area contributed by atoms with Gasteiger partial charge in [-0.05, 0) is 30.3 Å². The summed E-state index contributed by atoms with van der Waals surface area (Å²) in [6, 6.07) is 11.9. The monoisotopic (exact) mass is 362 g/mol. The van der Waals surface area contributed by atoms with E-state index in [1.54, 1.807) is 12.4 Å². The lowest BCUT2D eigenvalue weighted by Crippen LogP contribution is -2.11. The molecule has 4 rings (SSSR count). The number of pyridine rings is 1. The van der Waals surface area contributed by atoms with Gasteiger partial charge in [-0.25, -0.2) is 0 Å². The SMILES string of the molecule is COc1nc(NCCc2ccccn2)nc(Nc2ccc3cn[nH]c3c2)n1. The summed E-state index contributed by atoms with van der Waals surface area (Å²) in [5.41, 5.74) is 2.76. The number of hydrogen-bond donors (Lipinski definition) is 3. The molecule has 1 aromatic carbocycles. The molecule has 3 aromatic heterocycles. The topological polar surface area (TPSA) is 114 Å². The summed E-state index contributed by atoms with van der Waals surface area (Å²) in [6.45, 7) is 0.643. The maximum Gasteiger partial charge on any atom is 0.322 e. The van der Waals surface area contributed by atoms with Crippen LogP contribution in [0.5, 0.6) is 6.01 Å². The van der Waals surface area contributed by atoms with E-state index in [9.17, 15) is 0 Å². The number of H-pyrrole nitrogens is 1. The normalized spacial score (nSPS) is 10.7. The Hall–Kier alpha value is -3.75. The first-order valence-corrected chi connectivity index (χ1v) is 8.44. The zero-order valence-corrected chi connectivity index (χ0v) is 14.7. The fourth-order valence-electron chi connectivity index (χ4n) is 2.58. The Morgan fingerprint density at radius 2 is 2.00 bits per heavy atom. The van der Waals surface area contributed by atoms with Crippen molar-refractivity contribution in [1.29, 1.82) is 0 Å². The van der Waals surface area contributed by atoms with Crippen LogP contribution in [0.2, 0.25) is 0 Å². The van der Waals surface area contributed by atoms with Gasteiger partial charge in [0.25, 0.3) is 0 Å². The van der Waals surface area contributed by atoms with Gasteiger partial charge in [0.15, 0.2) is 0 Å². The second-order valence-corrected chi connectivity index (χ2v) is 5.76. The fourth-order valence-corrected chi connectivity index (χ4v) is 2.58. The molecular weight excluding hydrogens is 344 g/mol. The second kappa shape index (κ2) is 7.65. The highest BCUT2D eigenvalue weighted by molar-refractivity contribution is 5.82. The zero-order chi connectivity index (χ0) is 18.5. The van der Waals surface area contributed by atoms with Crippen LogP contribution in [0.1, 0.15) is 5.69 Å². The summed E-state index contributed by atoms with van der Waals surface area (Å²) in [4.78, 5) is 17.2. The van der Waals surface area contributed by atoms with Gasteiger partial charge in [0.05, 0.1) is 18.8 Å². The predicted molar refractivity (Wildman–Crippen MR) is 102 cm³/mol. The minimum atomic E-state index is 0.232. The van der Waals surface area contributed by atoms with Crippen molar-refractivity contribution in [3.05, 3.63) is 54.5 Å². The molecule has 0 amide bonds. The van der Waals surface area contributed by atoms with Crippen molar-refractivity contribution >= 4 is 28.5 Å². The Morgan fingerprint density at radius 1 is 1.07 bits per heavy atom. The van der Waals surface area contributed by atoms with E-state index in [0.29, 0.717) is 18.4 Å². The minimum Gasteiger partial charge on any atom is -0.467 e. The maximum absolute atomic E-state index is 5.18. The first kappa shape index (κ1) is 16.7. The quantitative estimate of drug-likeness (QED) is 0.460. The van der Waals surface area contributed by atoms with E-state index in [4.69, 9.17) is 4.74 Å². The van der Waals surface area contributed by atoms with Gasteiger partial charge in [0, 0.05) is 35.9 Å². The summed E-state index contributed by atoms with van der Waals surface area (Å²) in [5.74, 6) is 0.823. The smallest absolute Gasteiger partial charge is 0.322 e. The van der Waals surface area contributed by atoms with Gasteiger partial charge in [-0.1, -0.05) is 6.07 Å². The lowest BCUT2D eigenvalue weighted by molar-refractivity contribution is 0.379. The van der Waals surface area contributed by atoms with Crippen LogP contribution in [0.4, 0.5) is 17.6 Å². The van der Waals surface area contributed by atoms with Crippen LogP contribution in [0.3, 0.4) is 0 Å². The van der Waals surface area contributed by atoms with Crippen LogP contribution >= 0.6 is 0 Å². The molecule has 0 saturated heterocycles. The van der Waals surface area contributed by atoms with E-state index in [-0.39, 0.29) is 6.01 Å². The molecule has 4 aromatic rings. The molecule has 0 bridgehead atoms. The molecule has 0 spiro atoms. The standard InChI is InChI=1S/C18H18N8O/c1-27-18-24-16(20-9-7-13-4-2-3-8-19-13)23-17(25-18)22-14-6-5-12-11-21-26-15(12)10-14/h2-6,8,10-11H,7,9H2,1H3,(H,21,26)(H2,20,22,23,24,25). The van der Waals surface area contributed by atoms with Gasteiger partial charge in [0.1, 0.15) is 0 Å². The van der Waals surface area contributed by atoms with Crippen molar-refractivity contribution in [2.75, 3.05) is 24.3 Å². The molecule has 9 nitrogen and oxygen atoms in total. The van der Waals surface area contributed by atoms with E-state index in [1.165, 1.54) is 7.11 Å². The number of nitrogens with zero attached hydrogens (tertiary/aromatic N) is 5. The Kier molecular flexibility index (Phi) is 4.73. The largest absolute Gasteiger partial charge is 0.467 e. The van der Waals surface area contributed by atoms with Crippen LogP contribution in [0.15, 0.2) is 48.8 Å². The molecule has 0 saturated carbocycles. The first-order valence-electron chi connectivity index (χ1n) is 8.44. The Labute approximate surface area is 155 Å². The number of benzene rings is 1. The summed E-state index contributed by atoms with van der Waals surface area (Å²) >= 11 is 0. The van der Waals surface area contributed by atoms with Gasteiger partial charge >= 0.3 is 6.01 Å². The van der Waals surface area contributed by atoms with Crippen LogP contribution < -0.4 is 15.4 Å². The van der Waals surface area contributed by atoms with Gasteiger partial charge in [0.2, 0.25) is 11.9 Å². The maximum atomic E-state index is 5.18. The van der Waals surface area contributed by atoms with Crippen LogP contribution in [0.25, 0.3) is 10.9 Å². The molecule has 136 valence electrons. The lowest BCUT2D eigenvalue weighted by Gasteiger charge is -2.09. The number of rotatable bonds is 7. The lowest BCUT2D eigenvalue weighted by atomic mass is 10.2. The third kappa shape index (κ3) is 4.09. The number of hydrogen-bond acceptors (Lipinski definition) is 8. The highest BCUT2D eigenvalue weighted by Crippen LogP contribution is 2.20. The van der Waals surface area contributed by atoms with E-state index < -0.39 is 0 Å². The molecule has 0 radical (unpaired) electrons. The van der Waals surface area contributed by atoms with Gasteiger partial charge in [-0.2, -0.15) is 20.1 Å². The third-order valence-electron chi connectivity index (χ3n) is 3.89. The molecule has 0 aliphatic heterocycles. The third-order valence-corrected chi connectivity index (χ3v) is 3.89. The number of methoxy groups -OCH3 is 1. The van der Waals surface area contributed by atoms with Gasteiger partial charge in [-0.15, -0.1) is 0 Å². The first-order chi connectivity index (χ1) is 13.3. The molecule has 0 aliphatic carbocycles. The van der Waals surface area contributed by atoms with Gasteiger partial charge in [-0.3, -0.25) is 10.1 Å². The van der Waals surface area contributed by atoms with E-state index in [1.807, 2.05) is 36.4 Å². The average Bonchev–Trinajstić information content (AvgIpc) is 3.16. The van der Waals surface area contributed by atoms with E-state index in [0.717, 1.165) is 28.7 Å². The van der Waals surface area contributed by atoms with Crippen molar-refractivity contribution in [2.24, 2.45) is 0 Å². The molecule has 0 atom stereocenters. The molecule has 3 N–H and O–H groups in total. The number of aromatic nitrogens is 6. The summed E-state index contributed by atoms with van der Waals surface area (Å²) in [5, 5.41) is 14.3. The predicted octanol–water partition coefficient (Wildman–Crippen LogP) is 2.55. The van der Waals surface area contributed by atoms with Crippen LogP contribution in [-0.4, -0.2) is 43.8 Å². The van der Waals surface area contributed by atoms with Crippen molar-refractivity contribution < 1.29 is 4.74 Å². The van der Waals surface area contributed by atoms with Crippen LogP contribution in [-0.2, 0) is 6.42 Å². The van der Waals surface area contributed by atoms with Crippen LogP contribution in [0, 0.1) is 0 Å². The highest BCUT2D eigenvalue weighted by Gasteiger charge is 2.08. The molecule has 0 aliphatic rings. The fraction of sp³-hybridized carbons (Fsp3) is 0.167. The number of nitrogens with one attached hydrogen (secondary N) is 3. The van der Waals surface area contributed by atoms with E-state index in [2.05, 4.69) is 40.8 Å². The molecular formula is C18H18N8O. The average molecular weight is 362 g/mol. The zero-order valence-electron chi connectivity index (χ0n) is 14.7. The molecule has 0 fully saturated rings. The van der Waals surface area contributed by atoms with Crippen molar-refractivity contribution in [2.45, 2.75) is 6.42 Å². The number of aromatic amines is 1. The molecule has 27 heavy (non-hydrogen) atoms. The molecule has 0 unspecified atom stereocenters. The number of anilines is 3. The molecule has 9 heteroatoms. The Bertz CT molecular complexity index is 1030. The summed E-state index contributed by atoms with van der Waals surface area (Å²) in [6.07, 6.45) is 4.31.